The average Bonchev–Trinajstić information content (AvgIpc) is 3.95. The first-order valence-corrected chi connectivity index (χ1v) is 23.2. The molecule has 13 rings (SSSR count). The summed E-state index contributed by atoms with van der Waals surface area (Å²) in [4.78, 5) is 10.6. The van der Waals surface area contributed by atoms with Crippen LogP contribution in [-0.4, -0.2) is 9.97 Å². The molecule has 0 bridgehead atoms. The SMILES string of the molecule is c1ccc(-c2cc(-c3ccc4c(c3)C(c3ccccc3)(c3ccccc3)c3ccccc3-4)cc(-c3cc(-c4ccc(-c5ccc6oc7ccccc7c6c5)cc4)nc(-c4ccccc4)n3)c2)cc1. The van der Waals surface area contributed by atoms with Crippen LogP contribution in [0.5, 0.6) is 0 Å². The summed E-state index contributed by atoms with van der Waals surface area (Å²) in [6.45, 7) is 0. The Morgan fingerprint density at radius 3 is 1.49 bits per heavy atom. The van der Waals surface area contributed by atoms with Crippen molar-refractivity contribution >= 4 is 21.9 Å². The van der Waals surface area contributed by atoms with Crippen molar-refractivity contribution in [2.24, 2.45) is 0 Å². The van der Waals surface area contributed by atoms with Gasteiger partial charge < -0.3 is 4.42 Å². The van der Waals surface area contributed by atoms with Crippen LogP contribution in [0.4, 0.5) is 0 Å². The highest BCUT2D eigenvalue weighted by molar-refractivity contribution is 6.06. The van der Waals surface area contributed by atoms with Crippen molar-refractivity contribution in [2.45, 2.75) is 5.41 Å². The zero-order valence-electron chi connectivity index (χ0n) is 37.1. The average molecular weight is 867 g/mol. The van der Waals surface area contributed by atoms with E-state index < -0.39 is 5.41 Å². The van der Waals surface area contributed by atoms with Crippen molar-refractivity contribution in [1.29, 1.82) is 0 Å². The predicted octanol–water partition coefficient (Wildman–Crippen LogP) is 16.7. The first-order chi connectivity index (χ1) is 33.7. The number of fused-ring (bicyclic) bond motifs is 6. The fraction of sp³-hybridized carbons (Fsp3) is 0.0154. The molecule has 0 saturated carbocycles. The molecule has 1 aliphatic carbocycles. The van der Waals surface area contributed by atoms with E-state index in [-0.39, 0.29) is 0 Å². The number of benzene rings is 10. The first-order valence-electron chi connectivity index (χ1n) is 23.2. The highest BCUT2D eigenvalue weighted by Crippen LogP contribution is 2.57. The third-order valence-corrected chi connectivity index (χ3v) is 13.8. The summed E-state index contributed by atoms with van der Waals surface area (Å²) in [7, 11) is 0. The Labute approximate surface area is 395 Å². The Hall–Kier alpha value is -8.92. The molecule has 0 spiro atoms. The summed E-state index contributed by atoms with van der Waals surface area (Å²) in [6.07, 6.45) is 0. The van der Waals surface area contributed by atoms with E-state index >= 15 is 0 Å². The molecule has 68 heavy (non-hydrogen) atoms. The minimum atomic E-state index is -0.508. The van der Waals surface area contributed by atoms with Crippen LogP contribution in [0.2, 0.25) is 0 Å². The van der Waals surface area contributed by atoms with E-state index in [9.17, 15) is 0 Å². The molecule has 10 aromatic carbocycles. The molecular weight excluding hydrogens is 825 g/mol. The number of para-hydroxylation sites is 1. The molecule has 0 aliphatic heterocycles. The second-order valence-corrected chi connectivity index (χ2v) is 17.7. The molecule has 1 aliphatic rings. The molecule has 2 heterocycles. The van der Waals surface area contributed by atoms with Crippen LogP contribution < -0.4 is 0 Å². The summed E-state index contributed by atoms with van der Waals surface area (Å²) in [5.74, 6) is 0.678. The van der Waals surface area contributed by atoms with E-state index in [1.165, 1.54) is 33.4 Å². The fourth-order valence-electron chi connectivity index (χ4n) is 10.6. The van der Waals surface area contributed by atoms with E-state index in [1.54, 1.807) is 0 Å². The Kier molecular flexibility index (Phi) is 9.40. The van der Waals surface area contributed by atoms with E-state index in [4.69, 9.17) is 14.4 Å². The number of furan rings is 1. The summed E-state index contributed by atoms with van der Waals surface area (Å²) >= 11 is 0. The van der Waals surface area contributed by atoms with Crippen molar-refractivity contribution in [3.05, 3.63) is 277 Å². The lowest BCUT2D eigenvalue weighted by Gasteiger charge is -2.34. The standard InChI is InChI=1S/C65H42N2O/c1-5-17-43(18-6-1)49-37-50(48-33-35-55-54-25-13-15-27-58(54)65(59(55)41-48,52-21-9-3-10-22-52)53-23-11-4-12-24-53)39-51(38-49)61-42-60(66-64(67-61)46-19-7-2-8-20-46)45-31-29-44(30-32-45)47-34-36-63-57(40-47)56-26-14-16-28-62(56)68-63/h1-42H. The quantitative estimate of drug-likeness (QED) is 0.153. The third-order valence-electron chi connectivity index (χ3n) is 13.8. The van der Waals surface area contributed by atoms with Gasteiger partial charge in [-0.05, 0) is 115 Å². The van der Waals surface area contributed by atoms with Gasteiger partial charge in [-0.25, -0.2) is 9.97 Å². The van der Waals surface area contributed by atoms with Crippen LogP contribution in [0.3, 0.4) is 0 Å². The van der Waals surface area contributed by atoms with Crippen LogP contribution in [0.1, 0.15) is 22.3 Å². The first kappa shape index (κ1) is 39.4. The van der Waals surface area contributed by atoms with Gasteiger partial charge in [0.25, 0.3) is 0 Å². The molecule has 0 fully saturated rings. The molecular formula is C65H42N2O. The summed E-state index contributed by atoms with van der Waals surface area (Å²) in [5, 5.41) is 2.24. The number of aromatic nitrogens is 2. The normalized spacial score (nSPS) is 12.5. The van der Waals surface area contributed by atoms with Crippen molar-refractivity contribution in [3.63, 3.8) is 0 Å². The van der Waals surface area contributed by atoms with E-state index in [1.807, 2.05) is 30.3 Å². The van der Waals surface area contributed by atoms with Gasteiger partial charge in [-0.3, -0.25) is 0 Å². The van der Waals surface area contributed by atoms with Crippen LogP contribution in [0.25, 0.3) is 100 Å². The van der Waals surface area contributed by atoms with Crippen molar-refractivity contribution in [2.75, 3.05) is 0 Å². The molecule has 0 amide bonds. The maximum atomic E-state index is 6.14. The number of rotatable bonds is 8. The monoisotopic (exact) mass is 866 g/mol. The smallest absolute Gasteiger partial charge is 0.160 e. The number of hydrogen-bond acceptors (Lipinski definition) is 3. The van der Waals surface area contributed by atoms with Crippen LogP contribution >= 0.6 is 0 Å². The van der Waals surface area contributed by atoms with Crippen LogP contribution in [0, 0.1) is 0 Å². The van der Waals surface area contributed by atoms with Crippen molar-refractivity contribution in [3.8, 4) is 78.4 Å². The van der Waals surface area contributed by atoms with Gasteiger partial charge in [-0.15, -0.1) is 0 Å². The van der Waals surface area contributed by atoms with Gasteiger partial charge in [-0.2, -0.15) is 0 Å². The van der Waals surface area contributed by atoms with Crippen molar-refractivity contribution in [1.82, 2.24) is 9.97 Å². The minimum Gasteiger partial charge on any atom is -0.456 e. The summed E-state index contributed by atoms with van der Waals surface area (Å²) < 4.78 is 6.14. The van der Waals surface area contributed by atoms with Crippen LogP contribution in [-0.2, 0) is 5.41 Å². The van der Waals surface area contributed by atoms with Gasteiger partial charge in [0.05, 0.1) is 16.8 Å². The van der Waals surface area contributed by atoms with Gasteiger partial charge in [0, 0.05) is 27.5 Å². The maximum absolute atomic E-state index is 6.14. The third kappa shape index (κ3) is 6.59. The summed E-state index contributed by atoms with van der Waals surface area (Å²) in [5.41, 5.74) is 20.3. The van der Waals surface area contributed by atoms with Gasteiger partial charge >= 0.3 is 0 Å². The van der Waals surface area contributed by atoms with Crippen LogP contribution in [0.15, 0.2) is 259 Å². The van der Waals surface area contributed by atoms with E-state index in [0.29, 0.717) is 5.82 Å². The Balaban J connectivity index is 0.970. The Morgan fingerprint density at radius 2 is 0.765 bits per heavy atom. The van der Waals surface area contributed by atoms with Gasteiger partial charge in [-0.1, -0.05) is 206 Å². The molecule has 0 saturated heterocycles. The van der Waals surface area contributed by atoms with E-state index in [0.717, 1.165) is 83.4 Å². The number of nitrogens with zero attached hydrogens (tertiary/aromatic N) is 2. The zero-order chi connectivity index (χ0) is 45.0. The molecule has 2 aromatic heterocycles. The lowest BCUT2D eigenvalue weighted by atomic mass is 9.67. The molecule has 0 N–H and O–H groups in total. The topological polar surface area (TPSA) is 38.9 Å². The largest absolute Gasteiger partial charge is 0.456 e. The number of hydrogen-bond donors (Lipinski definition) is 0. The second kappa shape index (κ2) is 16.2. The highest BCUT2D eigenvalue weighted by Gasteiger charge is 2.46. The Bertz CT molecular complexity index is 3780. The molecule has 3 nitrogen and oxygen atoms in total. The molecule has 0 unspecified atom stereocenters. The lowest BCUT2D eigenvalue weighted by molar-refractivity contribution is 0.669. The Morgan fingerprint density at radius 1 is 0.279 bits per heavy atom. The predicted molar refractivity (Wildman–Crippen MR) is 279 cm³/mol. The molecule has 0 radical (unpaired) electrons. The van der Waals surface area contributed by atoms with Crippen molar-refractivity contribution < 1.29 is 4.42 Å². The second-order valence-electron chi connectivity index (χ2n) is 17.7. The minimum absolute atomic E-state index is 0.508. The highest BCUT2D eigenvalue weighted by atomic mass is 16.3. The van der Waals surface area contributed by atoms with Gasteiger partial charge in [0.1, 0.15) is 11.2 Å². The molecule has 3 heteroatoms. The molecule has 318 valence electrons. The van der Waals surface area contributed by atoms with Gasteiger partial charge in [0.15, 0.2) is 5.82 Å². The van der Waals surface area contributed by atoms with Gasteiger partial charge in [0.2, 0.25) is 0 Å². The lowest BCUT2D eigenvalue weighted by Crippen LogP contribution is -2.28. The molecule has 12 aromatic rings. The zero-order valence-corrected chi connectivity index (χ0v) is 37.1. The molecule has 0 atom stereocenters. The summed E-state index contributed by atoms with van der Waals surface area (Å²) in [6, 6.07) is 91.4. The van der Waals surface area contributed by atoms with E-state index in [2.05, 4.69) is 224 Å². The fourth-order valence-corrected chi connectivity index (χ4v) is 10.6. The maximum Gasteiger partial charge on any atom is 0.160 e.